The van der Waals surface area contributed by atoms with Crippen molar-refractivity contribution in [2.24, 2.45) is 5.73 Å². The lowest BCUT2D eigenvalue weighted by Gasteiger charge is -2.32. The van der Waals surface area contributed by atoms with Crippen LogP contribution in [0.5, 0.6) is 0 Å². The lowest BCUT2D eigenvalue weighted by atomic mass is 9.81. The largest absolute Gasteiger partial charge is 0.390 e. The van der Waals surface area contributed by atoms with Gasteiger partial charge in [0.05, 0.1) is 5.60 Å². The Morgan fingerprint density at radius 2 is 1.75 bits per heavy atom. The Morgan fingerprint density at radius 1 is 1.08 bits per heavy atom. The fourth-order valence-electron chi connectivity index (χ4n) is 2.06. The van der Waals surface area contributed by atoms with Crippen molar-refractivity contribution >= 4 is 0 Å². The van der Waals surface area contributed by atoms with E-state index in [1.165, 1.54) is 19.3 Å². The molecule has 1 aliphatic rings. The molecule has 0 unspecified atom stereocenters. The quantitative estimate of drug-likeness (QED) is 0.634. The smallest absolute Gasteiger partial charge is 0.0647 e. The molecule has 1 rings (SSSR count). The van der Waals surface area contributed by atoms with E-state index in [0.29, 0.717) is 0 Å². The van der Waals surface area contributed by atoms with Crippen LogP contribution in [0.15, 0.2) is 0 Å². The van der Waals surface area contributed by atoms with Crippen molar-refractivity contribution in [1.29, 1.82) is 0 Å². The molecule has 0 aromatic carbocycles. The third-order valence-corrected chi connectivity index (χ3v) is 2.88. The third kappa shape index (κ3) is 3.11. The molecule has 0 atom stereocenters. The Labute approximate surface area is 75.2 Å². The van der Waals surface area contributed by atoms with Crippen LogP contribution >= 0.6 is 0 Å². The zero-order chi connectivity index (χ0) is 8.86. The molecule has 1 saturated carbocycles. The minimum absolute atomic E-state index is 0.326. The molecule has 0 saturated heterocycles. The first-order valence-corrected chi connectivity index (χ1v) is 5.19. The van der Waals surface area contributed by atoms with Crippen LogP contribution in [-0.4, -0.2) is 17.3 Å². The van der Waals surface area contributed by atoms with Crippen molar-refractivity contribution in [3.05, 3.63) is 0 Å². The normalized spacial score (nSPS) is 22.5. The highest BCUT2D eigenvalue weighted by Gasteiger charge is 2.27. The van der Waals surface area contributed by atoms with Crippen molar-refractivity contribution in [3.8, 4) is 0 Å². The van der Waals surface area contributed by atoms with E-state index < -0.39 is 0 Å². The van der Waals surface area contributed by atoms with Crippen molar-refractivity contribution in [1.82, 2.24) is 0 Å². The average molecular weight is 171 g/mol. The monoisotopic (exact) mass is 171 g/mol. The molecule has 0 bridgehead atoms. The van der Waals surface area contributed by atoms with Crippen molar-refractivity contribution in [2.45, 2.75) is 57.0 Å². The van der Waals surface area contributed by atoms with E-state index in [0.717, 1.165) is 38.6 Å². The molecule has 1 aliphatic carbocycles. The van der Waals surface area contributed by atoms with E-state index in [-0.39, 0.29) is 5.60 Å². The Hall–Kier alpha value is -0.0800. The van der Waals surface area contributed by atoms with Crippen molar-refractivity contribution in [2.75, 3.05) is 6.54 Å². The molecule has 0 spiro atoms. The second kappa shape index (κ2) is 4.83. The fourth-order valence-corrected chi connectivity index (χ4v) is 2.06. The topological polar surface area (TPSA) is 46.2 Å². The van der Waals surface area contributed by atoms with Gasteiger partial charge in [0.1, 0.15) is 0 Å². The van der Waals surface area contributed by atoms with Crippen LogP contribution in [0.25, 0.3) is 0 Å². The number of hydrogen-bond donors (Lipinski definition) is 2. The van der Waals surface area contributed by atoms with Crippen LogP contribution < -0.4 is 5.73 Å². The second-order valence-electron chi connectivity index (χ2n) is 4.03. The van der Waals surface area contributed by atoms with Gasteiger partial charge in [-0.1, -0.05) is 19.3 Å². The number of hydrogen-bond acceptors (Lipinski definition) is 2. The van der Waals surface area contributed by atoms with E-state index in [9.17, 15) is 5.11 Å². The van der Waals surface area contributed by atoms with Crippen LogP contribution in [0.3, 0.4) is 0 Å². The number of rotatable bonds is 4. The summed E-state index contributed by atoms with van der Waals surface area (Å²) in [6, 6.07) is 0. The van der Waals surface area contributed by atoms with Crippen LogP contribution in [0.1, 0.15) is 51.4 Å². The molecule has 12 heavy (non-hydrogen) atoms. The van der Waals surface area contributed by atoms with Gasteiger partial charge in [0, 0.05) is 0 Å². The van der Waals surface area contributed by atoms with Gasteiger partial charge in [-0.2, -0.15) is 0 Å². The number of nitrogens with two attached hydrogens (primary N) is 1. The van der Waals surface area contributed by atoms with Gasteiger partial charge in [0.15, 0.2) is 0 Å². The summed E-state index contributed by atoms with van der Waals surface area (Å²) in [5.41, 5.74) is 5.08. The SMILES string of the molecule is NCCCCC1(O)CCCCC1. The van der Waals surface area contributed by atoms with Gasteiger partial charge in [-0.25, -0.2) is 0 Å². The zero-order valence-electron chi connectivity index (χ0n) is 7.89. The second-order valence-corrected chi connectivity index (χ2v) is 4.03. The summed E-state index contributed by atoms with van der Waals surface area (Å²) in [7, 11) is 0. The van der Waals surface area contributed by atoms with Gasteiger partial charge in [-0.3, -0.25) is 0 Å². The van der Waals surface area contributed by atoms with Crippen LogP contribution in [0.4, 0.5) is 0 Å². The standard InChI is InChI=1S/C10H21NO/c11-9-5-4-8-10(12)6-2-1-3-7-10/h12H,1-9,11H2. The summed E-state index contributed by atoms with van der Waals surface area (Å²) in [5.74, 6) is 0. The highest BCUT2D eigenvalue weighted by atomic mass is 16.3. The van der Waals surface area contributed by atoms with Gasteiger partial charge in [0.25, 0.3) is 0 Å². The first-order valence-electron chi connectivity index (χ1n) is 5.19. The fraction of sp³-hybridized carbons (Fsp3) is 1.00. The minimum Gasteiger partial charge on any atom is -0.390 e. The van der Waals surface area contributed by atoms with E-state index >= 15 is 0 Å². The molecule has 0 radical (unpaired) electrons. The Balaban J connectivity index is 2.17. The molecular weight excluding hydrogens is 150 g/mol. The van der Waals surface area contributed by atoms with E-state index in [2.05, 4.69) is 0 Å². The lowest BCUT2D eigenvalue weighted by molar-refractivity contribution is -0.00560. The molecule has 0 aliphatic heterocycles. The molecule has 2 nitrogen and oxygen atoms in total. The first kappa shape index (κ1) is 10.0. The highest BCUT2D eigenvalue weighted by Crippen LogP contribution is 2.31. The van der Waals surface area contributed by atoms with Crippen LogP contribution in [-0.2, 0) is 0 Å². The molecule has 3 N–H and O–H groups in total. The number of aliphatic hydroxyl groups is 1. The zero-order valence-corrected chi connectivity index (χ0v) is 7.89. The summed E-state index contributed by atoms with van der Waals surface area (Å²) >= 11 is 0. The van der Waals surface area contributed by atoms with Crippen molar-refractivity contribution < 1.29 is 5.11 Å². The molecular formula is C10H21NO. The average Bonchev–Trinajstić information content (AvgIpc) is 2.06. The predicted octanol–water partition coefficient (Wildman–Crippen LogP) is 1.81. The molecule has 1 fully saturated rings. The van der Waals surface area contributed by atoms with Gasteiger partial charge >= 0.3 is 0 Å². The van der Waals surface area contributed by atoms with E-state index in [1.807, 2.05) is 0 Å². The lowest BCUT2D eigenvalue weighted by Crippen LogP contribution is -2.31. The first-order chi connectivity index (χ1) is 5.77. The van der Waals surface area contributed by atoms with Gasteiger partial charge < -0.3 is 10.8 Å². The summed E-state index contributed by atoms with van der Waals surface area (Å²) < 4.78 is 0. The van der Waals surface area contributed by atoms with E-state index in [4.69, 9.17) is 5.73 Å². The molecule has 2 heteroatoms. The Kier molecular flexibility index (Phi) is 4.02. The highest BCUT2D eigenvalue weighted by molar-refractivity contribution is 4.81. The van der Waals surface area contributed by atoms with Gasteiger partial charge in [0.2, 0.25) is 0 Å². The molecule has 72 valence electrons. The maximum atomic E-state index is 10.1. The molecule has 0 aromatic heterocycles. The van der Waals surface area contributed by atoms with Gasteiger partial charge in [-0.05, 0) is 38.6 Å². The maximum Gasteiger partial charge on any atom is 0.0647 e. The summed E-state index contributed by atoms with van der Waals surface area (Å²) in [5, 5.41) is 10.1. The van der Waals surface area contributed by atoms with Crippen LogP contribution in [0, 0.1) is 0 Å². The minimum atomic E-state index is -0.326. The van der Waals surface area contributed by atoms with Gasteiger partial charge in [-0.15, -0.1) is 0 Å². The molecule has 0 amide bonds. The molecule has 0 aromatic rings. The summed E-state index contributed by atoms with van der Waals surface area (Å²) in [6.07, 6.45) is 8.85. The third-order valence-electron chi connectivity index (χ3n) is 2.88. The summed E-state index contributed by atoms with van der Waals surface area (Å²) in [4.78, 5) is 0. The Morgan fingerprint density at radius 3 is 2.33 bits per heavy atom. The number of unbranched alkanes of at least 4 members (excludes halogenated alkanes) is 1. The predicted molar refractivity (Wildman–Crippen MR) is 50.9 cm³/mol. The van der Waals surface area contributed by atoms with E-state index in [1.54, 1.807) is 0 Å². The van der Waals surface area contributed by atoms with Crippen molar-refractivity contribution in [3.63, 3.8) is 0 Å². The Bertz CT molecular complexity index is 119. The summed E-state index contributed by atoms with van der Waals surface area (Å²) in [6.45, 7) is 0.760. The maximum absolute atomic E-state index is 10.1. The molecule has 0 heterocycles. The van der Waals surface area contributed by atoms with Crippen LogP contribution in [0.2, 0.25) is 0 Å².